The maximum absolute atomic E-state index is 11.0. The Kier molecular flexibility index (Phi) is 5.37. The van der Waals surface area contributed by atoms with E-state index >= 15 is 0 Å². The van der Waals surface area contributed by atoms with E-state index in [9.17, 15) is 9.59 Å². The largest absolute Gasteiger partial charge is 0.473 e. The lowest BCUT2D eigenvalue weighted by molar-refractivity contribution is -0.168. The summed E-state index contributed by atoms with van der Waals surface area (Å²) in [6, 6.07) is 17.6. The van der Waals surface area contributed by atoms with Crippen LogP contribution in [0, 0.1) is 0 Å². The second-order valence-electron chi connectivity index (χ2n) is 4.19. The summed E-state index contributed by atoms with van der Waals surface area (Å²) in [5, 5.41) is 8.52. The van der Waals surface area contributed by atoms with Crippen molar-refractivity contribution in [3.05, 3.63) is 60.7 Å². The molecule has 1 N–H and O–H groups in total. The van der Waals surface area contributed by atoms with Gasteiger partial charge in [-0.25, -0.2) is 9.59 Å². The van der Waals surface area contributed by atoms with Crippen molar-refractivity contribution in [3.63, 3.8) is 0 Å². The van der Waals surface area contributed by atoms with E-state index < -0.39 is 18.2 Å². The first kappa shape index (κ1) is 15.4. The fourth-order valence-electron chi connectivity index (χ4n) is 1.60. The average Bonchev–Trinajstić information content (AvgIpc) is 2.54. The molecule has 0 saturated carbocycles. The van der Waals surface area contributed by atoms with Gasteiger partial charge in [-0.15, -0.1) is 0 Å². The van der Waals surface area contributed by atoms with Crippen molar-refractivity contribution in [2.24, 2.45) is 0 Å². The molecule has 0 aromatic heterocycles. The van der Waals surface area contributed by atoms with Crippen LogP contribution in [0.1, 0.15) is 0 Å². The summed E-state index contributed by atoms with van der Waals surface area (Å²) in [6.45, 7) is -0.352. The van der Waals surface area contributed by atoms with Gasteiger partial charge in [0, 0.05) is 0 Å². The third-order valence-corrected chi connectivity index (χ3v) is 2.55. The molecule has 0 aliphatic carbocycles. The second-order valence-corrected chi connectivity index (χ2v) is 4.19. The topological polar surface area (TPSA) is 82.1 Å². The van der Waals surface area contributed by atoms with Gasteiger partial charge in [0.05, 0.1) is 0 Å². The van der Waals surface area contributed by atoms with Gasteiger partial charge in [0.15, 0.2) is 6.61 Å². The maximum atomic E-state index is 11.0. The van der Waals surface area contributed by atoms with Crippen LogP contribution in [0.4, 0.5) is 0 Å². The third-order valence-electron chi connectivity index (χ3n) is 2.55. The molecule has 0 bridgehead atoms. The Bertz CT molecular complexity index is 570. The number of carboxylic acid groups (broad SMARTS) is 1. The van der Waals surface area contributed by atoms with Crippen LogP contribution in [0.3, 0.4) is 0 Å². The number of esters is 1. The molecule has 22 heavy (non-hydrogen) atoms. The van der Waals surface area contributed by atoms with Crippen LogP contribution in [-0.4, -0.2) is 29.9 Å². The highest BCUT2D eigenvalue weighted by molar-refractivity contribution is 6.28. The van der Waals surface area contributed by atoms with Crippen molar-refractivity contribution in [1.82, 2.24) is 0 Å². The van der Waals surface area contributed by atoms with Crippen LogP contribution in [-0.2, 0) is 14.3 Å². The Labute approximate surface area is 126 Å². The number of hydrogen-bond donors (Lipinski definition) is 1. The lowest BCUT2D eigenvalue weighted by Crippen LogP contribution is -2.32. The molecule has 2 aromatic carbocycles. The molecule has 0 aliphatic heterocycles. The Hall–Kier alpha value is -3.02. The van der Waals surface area contributed by atoms with Crippen molar-refractivity contribution in [3.8, 4) is 11.5 Å². The van der Waals surface area contributed by atoms with E-state index in [1.54, 1.807) is 48.5 Å². The minimum Gasteiger partial charge on any atom is -0.473 e. The minimum atomic E-state index is -1.67. The number of hydrogen-bond acceptors (Lipinski definition) is 5. The van der Waals surface area contributed by atoms with E-state index in [2.05, 4.69) is 4.74 Å². The Morgan fingerprint density at radius 1 is 0.864 bits per heavy atom. The number of para-hydroxylation sites is 2. The molecule has 6 nitrogen and oxygen atoms in total. The molecule has 0 saturated heterocycles. The molecule has 0 radical (unpaired) electrons. The van der Waals surface area contributed by atoms with E-state index in [-0.39, 0.29) is 6.61 Å². The maximum Gasteiger partial charge on any atom is 0.417 e. The molecule has 0 amide bonds. The lowest BCUT2D eigenvalue weighted by atomic mass is 10.3. The summed E-state index contributed by atoms with van der Waals surface area (Å²) >= 11 is 0. The molecule has 0 unspecified atom stereocenters. The SMILES string of the molecule is O=C(O)C(=O)OCC(Oc1ccccc1)Oc1ccccc1. The first-order chi connectivity index (χ1) is 10.6. The molecule has 0 heterocycles. The molecule has 2 aromatic rings. The molecule has 0 spiro atoms. The smallest absolute Gasteiger partial charge is 0.417 e. The molecule has 2 rings (SSSR count). The summed E-state index contributed by atoms with van der Waals surface area (Å²) in [7, 11) is 0. The van der Waals surface area contributed by atoms with Crippen molar-refractivity contribution >= 4 is 11.9 Å². The average molecular weight is 302 g/mol. The zero-order valence-corrected chi connectivity index (χ0v) is 11.5. The Morgan fingerprint density at radius 3 is 1.73 bits per heavy atom. The fourth-order valence-corrected chi connectivity index (χ4v) is 1.60. The summed E-state index contributed by atoms with van der Waals surface area (Å²) in [5.74, 6) is -2.01. The third kappa shape index (κ3) is 4.82. The number of carboxylic acids is 1. The number of carbonyl (C=O) groups excluding carboxylic acids is 1. The summed E-state index contributed by atoms with van der Waals surface area (Å²) < 4.78 is 15.7. The molecular formula is C16H14O6. The van der Waals surface area contributed by atoms with Crippen molar-refractivity contribution < 1.29 is 28.9 Å². The van der Waals surface area contributed by atoms with Crippen LogP contribution >= 0.6 is 0 Å². The molecule has 114 valence electrons. The number of rotatable bonds is 6. The predicted molar refractivity (Wildman–Crippen MR) is 76.5 cm³/mol. The Balaban J connectivity index is 2.03. The van der Waals surface area contributed by atoms with Gasteiger partial charge in [0.1, 0.15) is 11.5 Å². The highest BCUT2D eigenvalue weighted by Crippen LogP contribution is 2.16. The zero-order chi connectivity index (χ0) is 15.8. The van der Waals surface area contributed by atoms with Crippen molar-refractivity contribution in [2.75, 3.05) is 6.61 Å². The quantitative estimate of drug-likeness (QED) is 0.500. The second kappa shape index (κ2) is 7.68. The van der Waals surface area contributed by atoms with Gasteiger partial charge in [-0.3, -0.25) is 0 Å². The van der Waals surface area contributed by atoms with E-state index in [4.69, 9.17) is 14.6 Å². The van der Waals surface area contributed by atoms with E-state index in [0.29, 0.717) is 11.5 Å². The van der Waals surface area contributed by atoms with Gasteiger partial charge < -0.3 is 19.3 Å². The van der Waals surface area contributed by atoms with Gasteiger partial charge >= 0.3 is 11.9 Å². The summed E-state index contributed by atoms with van der Waals surface area (Å²) in [4.78, 5) is 21.5. The van der Waals surface area contributed by atoms with E-state index in [1.165, 1.54) is 0 Å². The van der Waals surface area contributed by atoms with Gasteiger partial charge in [-0.2, -0.15) is 0 Å². The molecule has 0 aliphatic rings. The van der Waals surface area contributed by atoms with Gasteiger partial charge in [-0.05, 0) is 24.3 Å². The highest BCUT2D eigenvalue weighted by Gasteiger charge is 2.19. The highest BCUT2D eigenvalue weighted by atomic mass is 16.7. The number of carbonyl (C=O) groups is 2. The summed E-state index contributed by atoms with van der Waals surface area (Å²) in [6.07, 6.45) is -0.965. The van der Waals surface area contributed by atoms with Gasteiger partial charge in [-0.1, -0.05) is 36.4 Å². The van der Waals surface area contributed by atoms with Crippen LogP contribution in [0.5, 0.6) is 11.5 Å². The normalized spacial score (nSPS) is 10.0. The van der Waals surface area contributed by atoms with E-state index in [0.717, 1.165) is 0 Å². The first-order valence-electron chi connectivity index (χ1n) is 6.48. The number of benzene rings is 2. The zero-order valence-electron chi connectivity index (χ0n) is 11.5. The van der Waals surface area contributed by atoms with Crippen LogP contribution in [0.15, 0.2) is 60.7 Å². The first-order valence-corrected chi connectivity index (χ1v) is 6.48. The number of ether oxygens (including phenoxy) is 3. The van der Waals surface area contributed by atoms with Crippen LogP contribution in [0.2, 0.25) is 0 Å². The van der Waals surface area contributed by atoms with Gasteiger partial charge in [0.2, 0.25) is 0 Å². The molecule has 0 atom stereocenters. The minimum absolute atomic E-state index is 0.352. The number of aliphatic carboxylic acids is 1. The van der Waals surface area contributed by atoms with Crippen molar-refractivity contribution in [1.29, 1.82) is 0 Å². The fraction of sp³-hybridized carbons (Fsp3) is 0.125. The molecule has 0 fully saturated rings. The predicted octanol–water partition coefficient (Wildman–Crippen LogP) is 2.10. The molecule has 6 heteroatoms. The lowest BCUT2D eigenvalue weighted by Gasteiger charge is -2.20. The van der Waals surface area contributed by atoms with Crippen LogP contribution < -0.4 is 9.47 Å². The summed E-state index contributed by atoms with van der Waals surface area (Å²) in [5.41, 5.74) is 0. The standard InChI is InChI=1S/C16H14O6/c17-15(18)16(19)20-11-14(21-12-7-3-1-4-8-12)22-13-9-5-2-6-10-13/h1-10,14H,11H2,(H,17,18). The monoisotopic (exact) mass is 302 g/mol. The van der Waals surface area contributed by atoms with Gasteiger partial charge in [0.25, 0.3) is 6.29 Å². The Morgan fingerprint density at radius 2 is 1.32 bits per heavy atom. The molecular weight excluding hydrogens is 288 g/mol. The van der Waals surface area contributed by atoms with Crippen molar-refractivity contribution in [2.45, 2.75) is 6.29 Å². The van der Waals surface area contributed by atoms with E-state index in [1.807, 2.05) is 12.1 Å². The van der Waals surface area contributed by atoms with Crippen LogP contribution in [0.25, 0.3) is 0 Å².